The number of carbonyl (C=O) groups is 1. The van der Waals surface area contributed by atoms with Gasteiger partial charge in [-0.3, -0.25) is 9.88 Å². The van der Waals surface area contributed by atoms with E-state index in [-0.39, 0.29) is 12.1 Å². The van der Waals surface area contributed by atoms with Crippen molar-refractivity contribution in [2.75, 3.05) is 19.6 Å². The first-order valence-electron chi connectivity index (χ1n) is 10.5. The van der Waals surface area contributed by atoms with Crippen LogP contribution in [0.5, 0.6) is 0 Å². The highest BCUT2D eigenvalue weighted by molar-refractivity contribution is 5.74. The molecule has 1 aliphatic carbocycles. The van der Waals surface area contributed by atoms with Gasteiger partial charge in [-0.25, -0.2) is 4.79 Å². The molecule has 2 heterocycles. The molecule has 2 amide bonds. The third kappa shape index (κ3) is 4.90. The summed E-state index contributed by atoms with van der Waals surface area (Å²) >= 11 is 0. The lowest BCUT2D eigenvalue weighted by molar-refractivity contribution is 0.185. The highest BCUT2D eigenvalue weighted by Crippen LogP contribution is 2.30. The number of aromatic nitrogens is 1. The van der Waals surface area contributed by atoms with Gasteiger partial charge >= 0.3 is 6.03 Å². The molecule has 2 aliphatic rings. The van der Waals surface area contributed by atoms with Gasteiger partial charge in [0.25, 0.3) is 0 Å². The van der Waals surface area contributed by atoms with Gasteiger partial charge in [0.2, 0.25) is 0 Å². The van der Waals surface area contributed by atoms with Crippen LogP contribution >= 0.6 is 0 Å². The van der Waals surface area contributed by atoms with Crippen LogP contribution in [0.15, 0.2) is 48.7 Å². The van der Waals surface area contributed by atoms with Crippen molar-refractivity contribution < 1.29 is 4.79 Å². The Morgan fingerprint density at radius 2 is 1.89 bits per heavy atom. The maximum atomic E-state index is 12.4. The summed E-state index contributed by atoms with van der Waals surface area (Å²) < 4.78 is 0. The van der Waals surface area contributed by atoms with Gasteiger partial charge in [-0.1, -0.05) is 30.3 Å². The average molecular weight is 379 g/mol. The molecular formula is C23H30N4O. The van der Waals surface area contributed by atoms with Crippen molar-refractivity contribution in [2.45, 2.75) is 50.6 Å². The molecule has 1 unspecified atom stereocenters. The molecular weight excluding hydrogens is 348 g/mol. The van der Waals surface area contributed by atoms with E-state index in [1.54, 1.807) is 0 Å². The van der Waals surface area contributed by atoms with E-state index in [0.29, 0.717) is 5.92 Å². The molecule has 0 bridgehead atoms. The van der Waals surface area contributed by atoms with E-state index < -0.39 is 0 Å². The molecule has 2 aromatic rings. The molecule has 5 heteroatoms. The number of benzene rings is 1. The minimum absolute atomic E-state index is 0.0220. The Bertz CT molecular complexity index is 771. The minimum atomic E-state index is -0.0220. The fourth-order valence-corrected chi connectivity index (χ4v) is 4.48. The number of likely N-dealkylation sites (tertiary alicyclic amines) is 1. The summed E-state index contributed by atoms with van der Waals surface area (Å²) in [7, 11) is 0. The number of amides is 2. The molecule has 0 saturated carbocycles. The quantitative estimate of drug-likeness (QED) is 0.838. The lowest BCUT2D eigenvalue weighted by Gasteiger charge is -2.32. The number of nitrogens with zero attached hydrogens (tertiary/aromatic N) is 2. The zero-order chi connectivity index (χ0) is 19.2. The second-order valence-corrected chi connectivity index (χ2v) is 8.01. The van der Waals surface area contributed by atoms with Crippen LogP contribution in [0.3, 0.4) is 0 Å². The maximum absolute atomic E-state index is 12.4. The molecule has 1 atom stereocenters. The molecule has 148 valence electrons. The highest BCUT2D eigenvalue weighted by atomic mass is 16.2. The second-order valence-electron chi connectivity index (χ2n) is 8.01. The molecule has 28 heavy (non-hydrogen) atoms. The topological polar surface area (TPSA) is 57.3 Å². The van der Waals surface area contributed by atoms with Gasteiger partial charge in [0.15, 0.2) is 0 Å². The van der Waals surface area contributed by atoms with Gasteiger partial charge in [-0.2, -0.15) is 0 Å². The van der Waals surface area contributed by atoms with E-state index in [1.165, 1.54) is 17.5 Å². The third-order valence-corrected chi connectivity index (χ3v) is 6.04. The van der Waals surface area contributed by atoms with Crippen LogP contribution in [0.25, 0.3) is 0 Å². The first-order valence-corrected chi connectivity index (χ1v) is 10.5. The Morgan fingerprint density at radius 3 is 2.71 bits per heavy atom. The van der Waals surface area contributed by atoms with Crippen molar-refractivity contribution in [3.63, 3.8) is 0 Å². The number of carbonyl (C=O) groups excluding carboxylic acids is 1. The van der Waals surface area contributed by atoms with Gasteiger partial charge in [-0.15, -0.1) is 0 Å². The Hall–Kier alpha value is -2.40. The molecule has 1 aromatic heterocycles. The number of hydrogen-bond acceptors (Lipinski definition) is 3. The highest BCUT2D eigenvalue weighted by Gasteiger charge is 2.23. The molecule has 0 radical (unpaired) electrons. The van der Waals surface area contributed by atoms with Crippen molar-refractivity contribution in [1.82, 2.24) is 20.5 Å². The summed E-state index contributed by atoms with van der Waals surface area (Å²) in [6, 6.07) is 15.0. The van der Waals surface area contributed by atoms with Crippen LogP contribution in [0.1, 0.15) is 48.4 Å². The van der Waals surface area contributed by atoms with Crippen molar-refractivity contribution in [2.24, 2.45) is 0 Å². The first-order chi connectivity index (χ1) is 13.8. The number of piperidine rings is 1. The normalized spacial score (nSPS) is 20.4. The van der Waals surface area contributed by atoms with Gasteiger partial charge < -0.3 is 10.6 Å². The van der Waals surface area contributed by atoms with Crippen LogP contribution in [0, 0.1) is 0 Å². The molecule has 1 fully saturated rings. The fourth-order valence-electron chi connectivity index (χ4n) is 4.48. The second kappa shape index (κ2) is 9.20. The fraction of sp³-hybridized carbons (Fsp3) is 0.478. The zero-order valence-electron chi connectivity index (χ0n) is 16.4. The number of hydrogen-bond donors (Lipinski definition) is 2. The Morgan fingerprint density at radius 1 is 1.07 bits per heavy atom. The summed E-state index contributed by atoms with van der Waals surface area (Å²) in [4.78, 5) is 19.2. The Balaban J connectivity index is 1.19. The van der Waals surface area contributed by atoms with E-state index in [9.17, 15) is 4.79 Å². The summed E-state index contributed by atoms with van der Waals surface area (Å²) in [6.07, 6.45) is 7.36. The van der Waals surface area contributed by atoms with Crippen LogP contribution < -0.4 is 10.6 Å². The predicted octanol–water partition coefficient (Wildman–Crippen LogP) is 3.47. The minimum Gasteiger partial charge on any atom is -0.338 e. The third-order valence-electron chi connectivity index (χ3n) is 6.04. The van der Waals surface area contributed by atoms with Gasteiger partial charge in [0.05, 0.1) is 5.69 Å². The molecule has 0 spiro atoms. The van der Waals surface area contributed by atoms with E-state index in [1.807, 2.05) is 18.3 Å². The van der Waals surface area contributed by atoms with E-state index in [2.05, 4.69) is 50.8 Å². The van der Waals surface area contributed by atoms with Crippen LogP contribution in [-0.4, -0.2) is 41.6 Å². The number of fused-ring (bicyclic) bond motifs is 1. The summed E-state index contributed by atoms with van der Waals surface area (Å²) in [6.45, 7) is 3.61. The lowest BCUT2D eigenvalue weighted by Crippen LogP contribution is -2.48. The molecule has 1 aromatic carbocycles. The molecule has 1 saturated heterocycles. The number of pyridine rings is 1. The molecule has 5 nitrogen and oxygen atoms in total. The van der Waals surface area contributed by atoms with Crippen LogP contribution in [-0.2, 0) is 13.0 Å². The number of aryl methyl sites for hydroxylation is 1. The van der Waals surface area contributed by atoms with Crippen LogP contribution in [0.4, 0.5) is 4.79 Å². The average Bonchev–Trinajstić information content (AvgIpc) is 2.74. The van der Waals surface area contributed by atoms with Crippen molar-refractivity contribution in [3.05, 3.63) is 65.5 Å². The number of urea groups is 1. The molecule has 4 rings (SSSR count). The predicted molar refractivity (Wildman–Crippen MR) is 111 cm³/mol. The number of nitrogens with one attached hydrogen (secondary N) is 2. The lowest BCUT2D eigenvalue weighted by atomic mass is 9.83. The monoisotopic (exact) mass is 378 g/mol. The summed E-state index contributed by atoms with van der Waals surface area (Å²) in [5.74, 6) is 0.441. The Labute approximate surface area is 167 Å². The smallest absolute Gasteiger partial charge is 0.315 e. The maximum Gasteiger partial charge on any atom is 0.315 e. The first kappa shape index (κ1) is 18.9. The largest absolute Gasteiger partial charge is 0.338 e. The van der Waals surface area contributed by atoms with Crippen molar-refractivity contribution in [3.8, 4) is 0 Å². The zero-order valence-corrected chi connectivity index (χ0v) is 16.4. The van der Waals surface area contributed by atoms with E-state index >= 15 is 0 Å². The van der Waals surface area contributed by atoms with Crippen molar-refractivity contribution >= 4 is 6.03 Å². The SMILES string of the molecule is O=C(NCC1CCCc2ccccc21)NC1CCN(Cc2ccccn2)CC1. The van der Waals surface area contributed by atoms with Crippen LogP contribution in [0.2, 0.25) is 0 Å². The Kier molecular flexibility index (Phi) is 6.22. The molecule has 1 aliphatic heterocycles. The standard InChI is InChI=1S/C23H30N4O/c28-23(25-16-19-8-5-7-18-6-1-2-10-22(18)19)26-20-11-14-27(15-12-20)17-21-9-3-4-13-24-21/h1-4,6,9-10,13,19-20H,5,7-8,11-12,14-17H2,(H2,25,26,28). The van der Waals surface area contributed by atoms with Gasteiger partial charge in [0.1, 0.15) is 0 Å². The van der Waals surface area contributed by atoms with E-state index in [4.69, 9.17) is 0 Å². The van der Waals surface area contributed by atoms with Gasteiger partial charge in [0, 0.05) is 44.3 Å². The van der Waals surface area contributed by atoms with Crippen molar-refractivity contribution in [1.29, 1.82) is 0 Å². The number of rotatable bonds is 5. The van der Waals surface area contributed by atoms with Gasteiger partial charge in [-0.05, 0) is 55.4 Å². The van der Waals surface area contributed by atoms with E-state index in [0.717, 1.165) is 57.6 Å². The summed E-state index contributed by atoms with van der Waals surface area (Å²) in [5, 5.41) is 6.29. The molecule has 2 N–H and O–H groups in total. The summed E-state index contributed by atoms with van der Waals surface area (Å²) in [5.41, 5.74) is 3.97.